The lowest BCUT2D eigenvalue weighted by atomic mass is 10.5. The van der Waals surface area contributed by atoms with E-state index < -0.39 is 26.6 Å². The number of hydrogen-bond donors (Lipinski definition) is 0. The maximum absolute atomic E-state index is 6.02. The number of rotatable bonds is 18. The van der Waals surface area contributed by atoms with E-state index in [2.05, 4.69) is 40.8 Å². The maximum Gasteiger partial charge on any atom is 0.321 e. The lowest BCUT2D eigenvalue weighted by Crippen LogP contribution is -2.33. The summed E-state index contributed by atoms with van der Waals surface area (Å²) in [6, 6.07) is 4.94. The van der Waals surface area contributed by atoms with Gasteiger partial charge in [0.25, 0.3) is 0 Å². The average molecular weight is 409 g/mol. The summed E-state index contributed by atoms with van der Waals surface area (Å²) >= 11 is 0. The van der Waals surface area contributed by atoms with Gasteiger partial charge in [0.2, 0.25) is 0 Å². The standard InChI is InChI=1S/C18H44O4Si3/c1-7-11-19-23(20-12-8-2)15-17-25(5,6)18-16-24(21-13-9-3)22-14-10-4/h23-24H,7-18H2,1-6H3. The minimum absolute atomic E-state index is 0.854. The molecule has 0 aliphatic carbocycles. The van der Waals surface area contributed by atoms with Crippen LogP contribution in [-0.2, 0) is 17.7 Å². The van der Waals surface area contributed by atoms with Crippen molar-refractivity contribution in [3.63, 3.8) is 0 Å². The Morgan fingerprint density at radius 2 is 0.840 bits per heavy atom. The van der Waals surface area contributed by atoms with E-state index in [-0.39, 0.29) is 0 Å². The van der Waals surface area contributed by atoms with Crippen molar-refractivity contribution in [2.45, 2.75) is 90.6 Å². The Bertz CT molecular complexity index is 251. The monoisotopic (exact) mass is 408 g/mol. The summed E-state index contributed by atoms with van der Waals surface area (Å²) in [6.07, 6.45) is 4.32. The van der Waals surface area contributed by atoms with Crippen molar-refractivity contribution in [2.75, 3.05) is 26.4 Å². The van der Waals surface area contributed by atoms with E-state index >= 15 is 0 Å². The number of hydrogen-bond acceptors (Lipinski definition) is 4. The van der Waals surface area contributed by atoms with E-state index in [0.29, 0.717) is 0 Å². The molecule has 0 spiro atoms. The lowest BCUT2D eigenvalue weighted by molar-refractivity contribution is 0.197. The lowest BCUT2D eigenvalue weighted by Gasteiger charge is -2.26. The van der Waals surface area contributed by atoms with Crippen molar-refractivity contribution >= 4 is 26.6 Å². The fourth-order valence-electron chi connectivity index (χ4n) is 2.57. The second kappa shape index (κ2) is 16.6. The van der Waals surface area contributed by atoms with Crippen molar-refractivity contribution in [1.82, 2.24) is 0 Å². The molecule has 0 radical (unpaired) electrons. The van der Waals surface area contributed by atoms with Crippen molar-refractivity contribution in [3.8, 4) is 0 Å². The van der Waals surface area contributed by atoms with Gasteiger partial charge in [-0.1, -0.05) is 52.9 Å². The van der Waals surface area contributed by atoms with Crippen LogP contribution in [0.15, 0.2) is 0 Å². The molecule has 0 fully saturated rings. The molecule has 0 aromatic heterocycles. The van der Waals surface area contributed by atoms with Gasteiger partial charge in [0.15, 0.2) is 0 Å². The van der Waals surface area contributed by atoms with Gasteiger partial charge in [-0.15, -0.1) is 0 Å². The van der Waals surface area contributed by atoms with Gasteiger partial charge in [0.1, 0.15) is 0 Å². The molecular weight excluding hydrogens is 364 g/mol. The highest BCUT2D eigenvalue weighted by atomic mass is 28.3. The Hall–Kier alpha value is 0.491. The van der Waals surface area contributed by atoms with Gasteiger partial charge < -0.3 is 17.7 Å². The Kier molecular flexibility index (Phi) is 17.0. The Morgan fingerprint density at radius 1 is 0.560 bits per heavy atom. The first-order valence-corrected chi connectivity index (χ1v) is 17.4. The maximum atomic E-state index is 6.02. The van der Waals surface area contributed by atoms with E-state index in [9.17, 15) is 0 Å². The Morgan fingerprint density at radius 3 is 1.08 bits per heavy atom. The second-order valence-corrected chi connectivity index (χ2v) is 17.1. The van der Waals surface area contributed by atoms with Crippen LogP contribution >= 0.6 is 0 Å². The van der Waals surface area contributed by atoms with Crippen LogP contribution in [0.4, 0.5) is 0 Å². The van der Waals surface area contributed by atoms with E-state index in [0.717, 1.165) is 64.2 Å². The summed E-state index contributed by atoms with van der Waals surface area (Å²) < 4.78 is 24.1. The molecule has 0 saturated carbocycles. The minimum atomic E-state index is -1.47. The minimum Gasteiger partial charge on any atom is -0.397 e. The molecule has 0 aliphatic heterocycles. The molecule has 0 heterocycles. The third kappa shape index (κ3) is 15.3. The predicted molar refractivity (Wildman–Crippen MR) is 116 cm³/mol. The zero-order valence-electron chi connectivity index (χ0n) is 17.8. The van der Waals surface area contributed by atoms with Gasteiger partial charge in [-0.2, -0.15) is 0 Å². The van der Waals surface area contributed by atoms with Crippen molar-refractivity contribution in [1.29, 1.82) is 0 Å². The van der Waals surface area contributed by atoms with Gasteiger partial charge in [-0.3, -0.25) is 0 Å². The summed E-state index contributed by atoms with van der Waals surface area (Å²) in [4.78, 5) is 0. The summed E-state index contributed by atoms with van der Waals surface area (Å²) in [5, 5.41) is 0. The zero-order valence-corrected chi connectivity index (χ0v) is 21.1. The molecule has 0 unspecified atom stereocenters. The van der Waals surface area contributed by atoms with E-state index in [1.807, 2.05) is 0 Å². The molecule has 0 aromatic rings. The smallest absolute Gasteiger partial charge is 0.321 e. The molecule has 0 amide bonds. The average Bonchev–Trinajstić information content (AvgIpc) is 2.60. The second-order valence-electron chi connectivity index (χ2n) is 7.58. The third-order valence-corrected chi connectivity index (χ3v) is 12.5. The molecule has 152 valence electrons. The van der Waals surface area contributed by atoms with E-state index in [1.54, 1.807) is 0 Å². The summed E-state index contributed by atoms with van der Waals surface area (Å²) in [6.45, 7) is 17.1. The molecule has 0 aromatic carbocycles. The first-order chi connectivity index (χ1) is 12.0. The summed E-state index contributed by atoms with van der Waals surface area (Å²) in [7, 11) is -4.18. The first kappa shape index (κ1) is 25.5. The molecule has 25 heavy (non-hydrogen) atoms. The molecule has 0 atom stereocenters. The van der Waals surface area contributed by atoms with Crippen LogP contribution in [0.1, 0.15) is 53.4 Å². The highest BCUT2D eigenvalue weighted by Crippen LogP contribution is 2.23. The van der Waals surface area contributed by atoms with Gasteiger partial charge in [-0.05, 0) is 37.8 Å². The van der Waals surface area contributed by atoms with E-state index in [1.165, 1.54) is 12.1 Å². The normalized spacial score (nSPS) is 12.5. The molecule has 4 nitrogen and oxygen atoms in total. The van der Waals surface area contributed by atoms with Gasteiger partial charge >= 0.3 is 18.6 Å². The highest BCUT2D eigenvalue weighted by Gasteiger charge is 2.26. The summed E-state index contributed by atoms with van der Waals surface area (Å²) in [5.74, 6) is 0. The topological polar surface area (TPSA) is 36.9 Å². The van der Waals surface area contributed by atoms with Crippen LogP contribution < -0.4 is 0 Å². The fourth-order valence-corrected chi connectivity index (χ4v) is 13.8. The first-order valence-electron chi connectivity index (χ1n) is 10.4. The fraction of sp³-hybridized carbons (Fsp3) is 1.00. The molecule has 0 rings (SSSR count). The summed E-state index contributed by atoms with van der Waals surface area (Å²) in [5.41, 5.74) is 0. The van der Waals surface area contributed by atoms with Crippen LogP contribution in [0.2, 0.25) is 37.3 Å². The SMILES string of the molecule is CCCO[SiH](CC[Si](C)(C)CC[SiH](OCCC)OCCC)OCCC. The third-order valence-electron chi connectivity index (χ3n) is 4.15. The Balaban J connectivity index is 4.30. The van der Waals surface area contributed by atoms with Crippen LogP contribution in [-0.4, -0.2) is 53.1 Å². The quantitative estimate of drug-likeness (QED) is 0.304. The molecule has 0 saturated heterocycles. The van der Waals surface area contributed by atoms with Crippen LogP contribution in [0.25, 0.3) is 0 Å². The molecule has 0 aliphatic rings. The van der Waals surface area contributed by atoms with E-state index in [4.69, 9.17) is 17.7 Å². The van der Waals surface area contributed by atoms with Crippen molar-refractivity contribution < 1.29 is 17.7 Å². The Labute approximate surface area is 161 Å². The van der Waals surface area contributed by atoms with Gasteiger partial charge in [-0.25, -0.2) is 0 Å². The predicted octanol–water partition coefficient (Wildman–Crippen LogP) is 4.84. The van der Waals surface area contributed by atoms with Crippen LogP contribution in [0.3, 0.4) is 0 Å². The molecule has 7 heteroatoms. The van der Waals surface area contributed by atoms with Crippen molar-refractivity contribution in [3.05, 3.63) is 0 Å². The molecule has 0 N–H and O–H groups in total. The van der Waals surface area contributed by atoms with Gasteiger partial charge in [0.05, 0.1) is 0 Å². The van der Waals surface area contributed by atoms with Crippen molar-refractivity contribution in [2.24, 2.45) is 0 Å². The van der Waals surface area contributed by atoms with Gasteiger partial charge in [0, 0.05) is 34.5 Å². The highest BCUT2D eigenvalue weighted by molar-refractivity contribution is 6.79. The van der Waals surface area contributed by atoms with Crippen LogP contribution in [0.5, 0.6) is 0 Å². The molecule has 0 bridgehead atoms. The largest absolute Gasteiger partial charge is 0.397 e. The zero-order chi connectivity index (χ0) is 19.0. The van der Waals surface area contributed by atoms with Crippen LogP contribution in [0, 0.1) is 0 Å². The molecular formula is C18H44O4Si3.